The Bertz CT molecular complexity index is 1400. The highest BCUT2D eigenvalue weighted by molar-refractivity contribution is 6.30. The van der Waals surface area contributed by atoms with Crippen molar-refractivity contribution < 1.29 is 58.5 Å². The second-order valence-electron chi connectivity index (χ2n) is 10.5. The molecule has 0 amide bonds. The monoisotopic (exact) mass is 587 g/mol. The summed E-state index contributed by atoms with van der Waals surface area (Å²) < 4.78 is 29.0. The van der Waals surface area contributed by atoms with Gasteiger partial charge in [0.25, 0.3) is 0 Å². The van der Waals surface area contributed by atoms with E-state index in [0.29, 0.717) is 0 Å². The summed E-state index contributed by atoms with van der Waals surface area (Å²) in [5.41, 5.74) is 4.51. The summed E-state index contributed by atoms with van der Waals surface area (Å²) in [4.78, 5) is 40.8. The zero-order valence-electron chi connectivity index (χ0n) is 23.1. The molecular formula is C29H33NO12. The van der Waals surface area contributed by atoms with Crippen molar-refractivity contribution in [3.63, 3.8) is 0 Å². The van der Waals surface area contributed by atoms with Crippen LogP contribution >= 0.6 is 0 Å². The zero-order valence-corrected chi connectivity index (χ0v) is 23.1. The standard InChI is InChI=1S/C29H33NO12/c1-13-24(35)18(30)7-20(41-13)42-19-9-29(14(2)34,40-12-33)8-17-21(19)28(39-11-32)23-22(27(17)38-10-31)25(36)15-5-3-4-6-16(15)26(23)37/h3-6,13,18-20,24,31-33,35H,7-12,30H2,1-2H3/t13-,18-,19-,20-,24+,29-/m0/s1. The van der Waals surface area contributed by atoms with Gasteiger partial charge >= 0.3 is 0 Å². The lowest BCUT2D eigenvalue weighted by atomic mass is 9.72. The number of carbonyl (C=O) groups excluding carboxylic acids is 3. The topological polar surface area (TPSA) is 204 Å². The summed E-state index contributed by atoms with van der Waals surface area (Å²) in [6.45, 7) is 0.284. The number of fused-ring (bicyclic) bond motifs is 3. The van der Waals surface area contributed by atoms with Gasteiger partial charge in [-0.15, -0.1) is 0 Å². The van der Waals surface area contributed by atoms with Gasteiger partial charge in [0.05, 0.1) is 29.4 Å². The molecule has 226 valence electrons. The van der Waals surface area contributed by atoms with E-state index in [-0.39, 0.29) is 64.1 Å². The van der Waals surface area contributed by atoms with Crippen LogP contribution in [0.2, 0.25) is 0 Å². The third-order valence-electron chi connectivity index (χ3n) is 8.18. The molecule has 2 aliphatic carbocycles. The van der Waals surface area contributed by atoms with Crippen LogP contribution < -0.4 is 15.2 Å². The third-order valence-corrected chi connectivity index (χ3v) is 8.18. The van der Waals surface area contributed by atoms with Crippen molar-refractivity contribution in [3.05, 3.63) is 57.6 Å². The highest BCUT2D eigenvalue weighted by Crippen LogP contribution is 2.53. The number of benzene rings is 2. The van der Waals surface area contributed by atoms with Crippen molar-refractivity contribution in [1.29, 1.82) is 0 Å². The molecule has 0 unspecified atom stereocenters. The molecule has 1 saturated heterocycles. The lowest BCUT2D eigenvalue weighted by Gasteiger charge is -2.44. The number of Topliss-reactive ketones (excluding diaryl/α,β-unsaturated/α-hetero) is 1. The number of hydrogen-bond acceptors (Lipinski definition) is 13. The van der Waals surface area contributed by atoms with Gasteiger partial charge in [-0.1, -0.05) is 24.3 Å². The molecule has 6 N–H and O–H groups in total. The van der Waals surface area contributed by atoms with Gasteiger partial charge in [-0.2, -0.15) is 0 Å². The number of aliphatic hydroxyl groups is 4. The zero-order chi connectivity index (χ0) is 30.3. The van der Waals surface area contributed by atoms with E-state index < -0.39 is 74.0 Å². The summed E-state index contributed by atoms with van der Waals surface area (Å²) in [5, 5.41) is 39.8. The maximum Gasteiger partial charge on any atom is 0.198 e. The lowest BCUT2D eigenvalue weighted by molar-refractivity contribution is -0.250. The molecular weight excluding hydrogens is 554 g/mol. The molecule has 0 radical (unpaired) electrons. The molecule has 1 aliphatic heterocycles. The molecule has 13 heteroatoms. The molecule has 2 aromatic rings. The Hall–Kier alpha value is -3.27. The second-order valence-corrected chi connectivity index (χ2v) is 10.5. The molecule has 0 bridgehead atoms. The summed E-state index contributed by atoms with van der Waals surface area (Å²) >= 11 is 0. The molecule has 0 aromatic heterocycles. The largest absolute Gasteiger partial charge is 0.467 e. The number of aliphatic hydroxyl groups excluding tert-OH is 4. The first-order chi connectivity index (χ1) is 20.1. The Morgan fingerprint density at radius 1 is 1.02 bits per heavy atom. The van der Waals surface area contributed by atoms with Gasteiger partial charge in [0.15, 0.2) is 37.2 Å². The molecule has 42 heavy (non-hydrogen) atoms. The van der Waals surface area contributed by atoms with Crippen molar-refractivity contribution in [2.24, 2.45) is 5.73 Å². The predicted octanol–water partition coefficient (Wildman–Crippen LogP) is 0.240. The van der Waals surface area contributed by atoms with Crippen LogP contribution in [0.25, 0.3) is 0 Å². The Balaban J connectivity index is 1.78. The van der Waals surface area contributed by atoms with Gasteiger partial charge in [0, 0.05) is 47.6 Å². The van der Waals surface area contributed by atoms with Crippen LogP contribution in [0.3, 0.4) is 0 Å². The SMILES string of the molecule is CC(=O)[C@]1(OCO)Cc2c(OCO)c3c(c(OCO)c2[C@@H](O[C@H]2C[C@H](N)[C@H](O)[C@H](C)O2)C1)C(=O)c1ccccc1C3=O. The maximum absolute atomic E-state index is 13.9. The molecule has 3 aliphatic rings. The summed E-state index contributed by atoms with van der Waals surface area (Å²) in [7, 11) is 0. The first kappa shape index (κ1) is 30.2. The first-order valence-corrected chi connectivity index (χ1v) is 13.5. The minimum atomic E-state index is -1.69. The van der Waals surface area contributed by atoms with Crippen LogP contribution in [0.1, 0.15) is 75.8 Å². The van der Waals surface area contributed by atoms with Gasteiger partial charge in [0.1, 0.15) is 23.9 Å². The predicted molar refractivity (Wildman–Crippen MR) is 142 cm³/mol. The van der Waals surface area contributed by atoms with E-state index in [1.807, 2.05) is 0 Å². The van der Waals surface area contributed by atoms with Crippen molar-refractivity contribution in [1.82, 2.24) is 0 Å². The molecule has 13 nitrogen and oxygen atoms in total. The van der Waals surface area contributed by atoms with Crippen LogP contribution in [-0.2, 0) is 25.4 Å². The quantitative estimate of drug-likeness (QED) is 0.213. The van der Waals surface area contributed by atoms with Crippen LogP contribution in [0, 0.1) is 0 Å². The highest BCUT2D eigenvalue weighted by atomic mass is 16.7. The van der Waals surface area contributed by atoms with Gasteiger partial charge in [-0.3, -0.25) is 14.4 Å². The van der Waals surface area contributed by atoms with Crippen molar-refractivity contribution >= 4 is 17.3 Å². The number of carbonyl (C=O) groups is 3. The van der Waals surface area contributed by atoms with E-state index in [0.717, 1.165) is 0 Å². The summed E-state index contributed by atoms with van der Waals surface area (Å²) in [6, 6.07) is 5.46. The second kappa shape index (κ2) is 11.8. The smallest absolute Gasteiger partial charge is 0.198 e. The number of ether oxygens (including phenoxy) is 5. The van der Waals surface area contributed by atoms with Crippen LogP contribution in [0.4, 0.5) is 0 Å². The number of nitrogens with two attached hydrogens (primary N) is 1. The average Bonchev–Trinajstić information content (AvgIpc) is 2.95. The number of rotatable bonds is 9. The minimum absolute atomic E-state index is 0.0667. The van der Waals surface area contributed by atoms with Crippen LogP contribution in [-0.4, -0.2) is 88.3 Å². The molecule has 5 rings (SSSR count). The van der Waals surface area contributed by atoms with E-state index in [1.54, 1.807) is 19.1 Å². The Kier molecular flexibility index (Phi) is 8.47. The molecule has 0 spiro atoms. The Labute approximate surface area is 240 Å². The molecule has 2 aromatic carbocycles. The van der Waals surface area contributed by atoms with Gasteiger partial charge in [-0.25, -0.2) is 0 Å². The van der Waals surface area contributed by atoms with E-state index in [1.165, 1.54) is 19.1 Å². The maximum atomic E-state index is 13.9. The number of hydrogen-bond donors (Lipinski definition) is 5. The fourth-order valence-electron chi connectivity index (χ4n) is 6.14. The third kappa shape index (κ3) is 4.91. The van der Waals surface area contributed by atoms with Crippen molar-refractivity contribution in [2.75, 3.05) is 20.4 Å². The van der Waals surface area contributed by atoms with Crippen LogP contribution in [0.5, 0.6) is 11.5 Å². The Morgan fingerprint density at radius 3 is 2.17 bits per heavy atom. The Morgan fingerprint density at radius 2 is 1.62 bits per heavy atom. The number of ketones is 3. The minimum Gasteiger partial charge on any atom is -0.467 e. The lowest BCUT2D eigenvalue weighted by Crippen LogP contribution is -2.53. The van der Waals surface area contributed by atoms with Gasteiger partial charge in [-0.05, 0) is 13.8 Å². The summed E-state index contributed by atoms with van der Waals surface area (Å²) in [5.74, 6) is -2.02. The molecule has 6 atom stereocenters. The van der Waals surface area contributed by atoms with Crippen molar-refractivity contribution in [3.8, 4) is 11.5 Å². The molecule has 1 fully saturated rings. The van der Waals surface area contributed by atoms with E-state index in [4.69, 9.17) is 29.4 Å². The highest BCUT2D eigenvalue weighted by Gasteiger charge is 2.51. The first-order valence-electron chi connectivity index (χ1n) is 13.5. The van der Waals surface area contributed by atoms with Crippen LogP contribution in [0.15, 0.2) is 24.3 Å². The molecule has 0 saturated carbocycles. The fourth-order valence-corrected chi connectivity index (χ4v) is 6.14. The average molecular weight is 588 g/mol. The van der Waals surface area contributed by atoms with Gasteiger partial charge < -0.3 is 49.8 Å². The van der Waals surface area contributed by atoms with E-state index in [2.05, 4.69) is 0 Å². The van der Waals surface area contributed by atoms with E-state index >= 15 is 0 Å². The summed E-state index contributed by atoms with van der Waals surface area (Å²) in [6.07, 6.45) is -4.19. The van der Waals surface area contributed by atoms with Gasteiger partial charge in [0.2, 0.25) is 0 Å². The van der Waals surface area contributed by atoms with E-state index in [9.17, 15) is 34.8 Å². The fraction of sp³-hybridized carbons (Fsp3) is 0.483. The van der Waals surface area contributed by atoms with Crippen molar-refractivity contribution in [2.45, 2.75) is 69.4 Å². The molecule has 1 heterocycles. The normalized spacial score (nSPS) is 28.5.